The van der Waals surface area contributed by atoms with Crippen LogP contribution in [0.5, 0.6) is 0 Å². The molecule has 0 saturated carbocycles. The smallest absolute Gasteiger partial charge is 0.176 e. The lowest BCUT2D eigenvalue weighted by atomic mass is 10.1. The van der Waals surface area contributed by atoms with Gasteiger partial charge in [0.2, 0.25) is 0 Å². The van der Waals surface area contributed by atoms with Gasteiger partial charge in [0.15, 0.2) is 5.78 Å². The Labute approximate surface area is 122 Å². The van der Waals surface area contributed by atoms with E-state index in [4.69, 9.17) is 0 Å². The quantitative estimate of drug-likeness (QED) is 0.591. The molecule has 0 heterocycles. The SMILES string of the molecule is O=C(CSc1ccccc1Br)c1cc(F)ccc1F. The van der Waals surface area contributed by atoms with E-state index in [0.29, 0.717) is 0 Å². The first kappa shape index (κ1) is 14.2. The summed E-state index contributed by atoms with van der Waals surface area (Å²) in [5, 5.41) is 0. The molecule has 0 saturated heterocycles. The average molecular weight is 343 g/mol. The Balaban J connectivity index is 2.10. The number of thioether (sulfide) groups is 1. The molecule has 0 aliphatic carbocycles. The number of hydrogen-bond acceptors (Lipinski definition) is 2. The van der Waals surface area contributed by atoms with Crippen LogP contribution in [0.15, 0.2) is 51.8 Å². The molecule has 2 aromatic carbocycles. The summed E-state index contributed by atoms with van der Waals surface area (Å²) >= 11 is 4.64. The summed E-state index contributed by atoms with van der Waals surface area (Å²) in [6, 6.07) is 10.3. The van der Waals surface area contributed by atoms with Crippen LogP contribution in [0.4, 0.5) is 8.78 Å². The van der Waals surface area contributed by atoms with Crippen molar-refractivity contribution in [2.24, 2.45) is 0 Å². The first-order chi connectivity index (χ1) is 9.08. The molecule has 0 aliphatic rings. The second kappa shape index (κ2) is 6.30. The predicted molar refractivity (Wildman–Crippen MR) is 75.6 cm³/mol. The molecule has 0 aromatic heterocycles. The van der Waals surface area contributed by atoms with Crippen LogP contribution in [0.3, 0.4) is 0 Å². The lowest BCUT2D eigenvalue weighted by molar-refractivity contribution is 0.101. The van der Waals surface area contributed by atoms with Crippen molar-refractivity contribution in [2.75, 3.05) is 5.75 Å². The molecule has 98 valence electrons. The van der Waals surface area contributed by atoms with Gasteiger partial charge in [0.25, 0.3) is 0 Å². The van der Waals surface area contributed by atoms with Gasteiger partial charge >= 0.3 is 0 Å². The highest BCUT2D eigenvalue weighted by molar-refractivity contribution is 9.10. The third-order valence-corrected chi connectivity index (χ3v) is 4.45. The van der Waals surface area contributed by atoms with Crippen molar-refractivity contribution in [3.63, 3.8) is 0 Å². The topological polar surface area (TPSA) is 17.1 Å². The van der Waals surface area contributed by atoms with Gasteiger partial charge in [-0.1, -0.05) is 12.1 Å². The number of halogens is 3. The molecule has 0 unspecified atom stereocenters. The monoisotopic (exact) mass is 342 g/mol. The normalized spacial score (nSPS) is 10.5. The zero-order chi connectivity index (χ0) is 13.8. The van der Waals surface area contributed by atoms with Crippen molar-refractivity contribution < 1.29 is 13.6 Å². The highest BCUT2D eigenvalue weighted by atomic mass is 79.9. The highest BCUT2D eigenvalue weighted by Crippen LogP contribution is 2.27. The molecule has 0 amide bonds. The molecular formula is C14H9BrF2OS. The number of benzene rings is 2. The van der Waals surface area contributed by atoms with Gasteiger partial charge in [-0.05, 0) is 46.3 Å². The second-order valence-electron chi connectivity index (χ2n) is 3.77. The lowest BCUT2D eigenvalue weighted by Gasteiger charge is -2.05. The van der Waals surface area contributed by atoms with Gasteiger partial charge in [-0.2, -0.15) is 0 Å². The molecule has 0 aliphatic heterocycles. The fourth-order valence-corrected chi connectivity index (χ4v) is 2.94. The van der Waals surface area contributed by atoms with Crippen LogP contribution < -0.4 is 0 Å². The molecule has 19 heavy (non-hydrogen) atoms. The van der Waals surface area contributed by atoms with E-state index in [0.717, 1.165) is 27.6 Å². The Morgan fingerprint density at radius 3 is 2.63 bits per heavy atom. The van der Waals surface area contributed by atoms with Crippen LogP contribution >= 0.6 is 27.7 Å². The van der Waals surface area contributed by atoms with E-state index in [2.05, 4.69) is 15.9 Å². The van der Waals surface area contributed by atoms with Crippen molar-refractivity contribution in [1.29, 1.82) is 0 Å². The molecular weight excluding hydrogens is 334 g/mol. The lowest BCUT2D eigenvalue weighted by Crippen LogP contribution is -2.06. The fraction of sp³-hybridized carbons (Fsp3) is 0.0714. The first-order valence-electron chi connectivity index (χ1n) is 5.43. The minimum Gasteiger partial charge on any atom is -0.293 e. The first-order valence-corrected chi connectivity index (χ1v) is 7.21. The van der Waals surface area contributed by atoms with E-state index in [9.17, 15) is 13.6 Å². The van der Waals surface area contributed by atoms with Crippen molar-refractivity contribution in [3.05, 3.63) is 64.1 Å². The van der Waals surface area contributed by atoms with Gasteiger partial charge in [0.05, 0.1) is 11.3 Å². The minimum atomic E-state index is -0.695. The van der Waals surface area contributed by atoms with Gasteiger partial charge in [-0.3, -0.25) is 4.79 Å². The molecule has 2 aromatic rings. The van der Waals surface area contributed by atoms with Gasteiger partial charge in [0.1, 0.15) is 11.6 Å². The average Bonchev–Trinajstić information content (AvgIpc) is 2.40. The Kier molecular flexibility index (Phi) is 4.71. The van der Waals surface area contributed by atoms with Crippen molar-refractivity contribution >= 4 is 33.5 Å². The third kappa shape index (κ3) is 3.64. The zero-order valence-corrected chi connectivity index (χ0v) is 12.1. The largest absolute Gasteiger partial charge is 0.293 e. The molecule has 0 spiro atoms. The van der Waals surface area contributed by atoms with Crippen molar-refractivity contribution in [3.8, 4) is 0 Å². The summed E-state index contributed by atoms with van der Waals surface area (Å²) in [5.74, 6) is -1.68. The summed E-state index contributed by atoms with van der Waals surface area (Å²) in [7, 11) is 0. The summed E-state index contributed by atoms with van der Waals surface area (Å²) in [6.07, 6.45) is 0. The van der Waals surface area contributed by atoms with Crippen LogP contribution in [0, 0.1) is 11.6 Å². The van der Waals surface area contributed by atoms with Gasteiger partial charge in [-0.15, -0.1) is 11.8 Å². The van der Waals surface area contributed by atoms with E-state index in [1.165, 1.54) is 11.8 Å². The number of hydrogen-bond donors (Lipinski definition) is 0. The maximum Gasteiger partial charge on any atom is 0.176 e. The molecule has 5 heteroatoms. The van der Waals surface area contributed by atoms with Gasteiger partial charge < -0.3 is 0 Å². The molecule has 0 atom stereocenters. The molecule has 1 nitrogen and oxygen atoms in total. The van der Waals surface area contributed by atoms with Crippen LogP contribution in [0.2, 0.25) is 0 Å². The Morgan fingerprint density at radius 2 is 1.89 bits per heavy atom. The molecule has 0 radical (unpaired) electrons. The summed E-state index contributed by atoms with van der Waals surface area (Å²) in [6.45, 7) is 0. The number of rotatable bonds is 4. The summed E-state index contributed by atoms with van der Waals surface area (Å²) in [5.41, 5.74) is -0.209. The number of carbonyl (C=O) groups is 1. The van der Waals surface area contributed by atoms with Crippen LogP contribution in [-0.4, -0.2) is 11.5 Å². The maximum atomic E-state index is 13.4. The number of ketones is 1. The summed E-state index contributed by atoms with van der Waals surface area (Å²) in [4.78, 5) is 12.7. The third-order valence-electron chi connectivity index (χ3n) is 2.42. The fourth-order valence-electron chi connectivity index (χ4n) is 1.49. The molecule has 0 bridgehead atoms. The summed E-state index contributed by atoms with van der Waals surface area (Å²) < 4.78 is 27.3. The molecule has 0 N–H and O–H groups in total. The van der Waals surface area contributed by atoms with Crippen molar-refractivity contribution in [2.45, 2.75) is 4.90 Å². The maximum absolute atomic E-state index is 13.4. The Morgan fingerprint density at radius 1 is 1.16 bits per heavy atom. The highest BCUT2D eigenvalue weighted by Gasteiger charge is 2.13. The van der Waals surface area contributed by atoms with Crippen LogP contribution in [0.1, 0.15) is 10.4 Å². The van der Waals surface area contributed by atoms with Gasteiger partial charge in [0, 0.05) is 9.37 Å². The van der Waals surface area contributed by atoms with Crippen molar-refractivity contribution in [1.82, 2.24) is 0 Å². The van der Waals surface area contributed by atoms with E-state index < -0.39 is 17.4 Å². The Hall–Kier alpha value is -1.20. The van der Waals surface area contributed by atoms with E-state index >= 15 is 0 Å². The second-order valence-corrected chi connectivity index (χ2v) is 5.64. The van der Waals surface area contributed by atoms with E-state index in [-0.39, 0.29) is 11.3 Å². The predicted octanol–water partition coefficient (Wildman–Crippen LogP) is 4.70. The number of carbonyl (C=O) groups excluding carboxylic acids is 1. The standard InChI is InChI=1S/C14H9BrF2OS/c15-11-3-1-2-4-14(11)19-8-13(18)10-7-9(16)5-6-12(10)17/h1-7H,8H2. The Bertz CT molecular complexity index is 616. The van der Waals surface area contributed by atoms with E-state index in [1.807, 2.05) is 24.3 Å². The zero-order valence-electron chi connectivity index (χ0n) is 9.70. The molecule has 0 fully saturated rings. The molecule has 2 rings (SSSR count). The van der Waals surface area contributed by atoms with Crippen LogP contribution in [0.25, 0.3) is 0 Å². The van der Waals surface area contributed by atoms with Gasteiger partial charge in [-0.25, -0.2) is 8.78 Å². The number of Topliss-reactive ketones (excluding diaryl/α,β-unsaturated/α-hetero) is 1. The minimum absolute atomic E-state index is 0.0585. The van der Waals surface area contributed by atoms with Crippen LogP contribution in [-0.2, 0) is 0 Å². The van der Waals surface area contributed by atoms with E-state index in [1.54, 1.807) is 0 Å².